The summed E-state index contributed by atoms with van der Waals surface area (Å²) in [4.78, 5) is 0. The Kier molecular flexibility index (Phi) is 18.8. The lowest BCUT2D eigenvalue weighted by Crippen LogP contribution is -2.69. The van der Waals surface area contributed by atoms with Gasteiger partial charge in [-0.05, 0) is 105 Å². The SMILES string of the molecule is CC1CC[C@@]2(OC1)O[C@H]1C[C@H]3[C@@H]4CC[C@H]5C[C@@H](O[C@@H]6O[C@H](CO)[C@H](O[C@@H]7O[C@H](CO)[C@@H](O)[C@H](O[C@@H]8OC[C@@H](O)[C@H](O)[C@H]8O)[C@H]7O[C@@H]7O[C@H](CO)[C@H](O)[C@H](O)[C@H]7O)[C@H](O)[C@H]6O[C@@H]6O[C@@H](C)[C@H](O)[C@@H](O)[C@H]6O)[C@H](O)C[C@]5(C)[C@H]4CC[C@]3(C)[C@H]1[C@@H]2C. The van der Waals surface area contributed by atoms with Crippen molar-refractivity contribution in [2.45, 2.75) is 264 Å². The fourth-order valence-corrected chi connectivity index (χ4v) is 17.3. The predicted molar refractivity (Wildman–Crippen MR) is 275 cm³/mol. The van der Waals surface area contributed by atoms with Gasteiger partial charge in [0.25, 0.3) is 0 Å². The molecule has 11 aliphatic rings. The first-order valence-electron chi connectivity index (χ1n) is 30.2. The highest BCUT2D eigenvalue weighted by Gasteiger charge is 2.70. The smallest absolute Gasteiger partial charge is 0.187 e. The van der Waals surface area contributed by atoms with Gasteiger partial charge >= 0.3 is 0 Å². The van der Waals surface area contributed by atoms with Crippen LogP contribution < -0.4 is 0 Å². The van der Waals surface area contributed by atoms with E-state index in [1.807, 2.05) is 0 Å². The molecule has 0 amide bonds. The molecule has 37 atom stereocenters. The summed E-state index contributed by atoms with van der Waals surface area (Å²) in [6.07, 6.45) is -37.6. The first kappa shape index (κ1) is 63.5. The Balaban J connectivity index is 0.849. The van der Waals surface area contributed by atoms with Crippen molar-refractivity contribution in [1.82, 2.24) is 0 Å². The molecule has 4 aliphatic carbocycles. The molecule has 7 saturated heterocycles. The Bertz CT molecular complexity index is 2160. The van der Waals surface area contributed by atoms with Crippen molar-refractivity contribution in [1.29, 1.82) is 0 Å². The van der Waals surface area contributed by atoms with E-state index in [0.29, 0.717) is 49.0 Å². The molecule has 83 heavy (non-hydrogen) atoms. The van der Waals surface area contributed by atoms with Crippen LogP contribution in [-0.4, -0.2) is 281 Å². The largest absolute Gasteiger partial charge is 0.394 e. The van der Waals surface area contributed by atoms with Gasteiger partial charge in [0.2, 0.25) is 0 Å². The highest BCUT2D eigenvalue weighted by atomic mass is 16.8. The molecule has 0 radical (unpaired) electrons. The van der Waals surface area contributed by atoms with Crippen molar-refractivity contribution in [2.75, 3.05) is 33.0 Å². The van der Waals surface area contributed by atoms with E-state index in [9.17, 15) is 76.6 Å². The lowest BCUT2D eigenvalue weighted by Gasteiger charge is -2.62. The maximum atomic E-state index is 12.7. The summed E-state index contributed by atoms with van der Waals surface area (Å²) in [6.45, 7) is 8.09. The quantitative estimate of drug-likeness (QED) is 0.0774. The topological polar surface area (TPSA) is 414 Å². The maximum Gasteiger partial charge on any atom is 0.187 e. The minimum atomic E-state index is -2.08. The number of hydrogen-bond acceptors (Lipinski definition) is 27. The molecule has 11 rings (SSSR count). The second kappa shape index (κ2) is 24.6. The van der Waals surface area contributed by atoms with E-state index in [4.69, 9.17) is 56.8 Å². The van der Waals surface area contributed by atoms with E-state index in [2.05, 4.69) is 27.7 Å². The van der Waals surface area contributed by atoms with Gasteiger partial charge in [0, 0.05) is 12.3 Å². The van der Waals surface area contributed by atoms with Gasteiger partial charge in [-0.2, -0.15) is 0 Å². The van der Waals surface area contributed by atoms with Crippen LogP contribution in [0, 0.1) is 52.3 Å². The van der Waals surface area contributed by atoms with E-state index in [1.165, 1.54) is 6.92 Å². The molecule has 478 valence electrons. The highest BCUT2D eigenvalue weighted by molar-refractivity contribution is 5.16. The fourth-order valence-electron chi connectivity index (χ4n) is 17.3. The Hall–Kier alpha value is -1.08. The van der Waals surface area contributed by atoms with E-state index >= 15 is 0 Å². The lowest BCUT2D eigenvalue weighted by molar-refractivity contribution is -0.412. The lowest BCUT2D eigenvalue weighted by atomic mass is 9.44. The van der Waals surface area contributed by atoms with Crippen LogP contribution in [-0.2, 0) is 56.8 Å². The molecule has 15 N–H and O–H groups in total. The molecular weight excluding hydrogens is 1100 g/mol. The molecule has 0 bridgehead atoms. The fraction of sp³-hybridized carbons (Fsp3) is 1.00. The van der Waals surface area contributed by atoms with Crippen molar-refractivity contribution in [3.8, 4) is 0 Å². The number of hydrogen-bond donors (Lipinski definition) is 15. The second-order valence-corrected chi connectivity index (χ2v) is 26.8. The van der Waals surface area contributed by atoms with Crippen LogP contribution in [0.5, 0.6) is 0 Å². The number of aliphatic hydroxyl groups excluding tert-OH is 15. The second-order valence-electron chi connectivity index (χ2n) is 26.8. The van der Waals surface area contributed by atoms with Gasteiger partial charge in [0.15, 0.2) is 37.2 Å². The summed E-state index contributed by atoms with van der Waals surface area (Å²) >= 11 is 0. The van der Waals surface area contributed by atoms with Gasteiger partial charge in [-0.25, -0.2) is 0 Å². The molecule has 0 aromatic carbocycles. The molecule has 7 heterocycles. The molecule has 1 unspecified atom stereocenters. The Morgan fingerprint density at radius 2 is 1.07 bits per heavy atom. The van der Waals surface area contributed by atoms with Gasteiger partial charge in [-0.15, -0.1) is 0 Å². The van der Waals surface area contributed by atoms with E-state index < -0.39 is 192 Å². The summed E-state index contributed by atoms with van der Waals surface area (Å²) in [6, 6.07) is 0. The zero-order chi connectivity index (χ0) is 59.5. The van der Waals surface area contributed by atoms with Gasteiger partial charge in [-0.3, -0.25) is 0 Å². The molecule has 27 heteroatoms. The van der Waals surface area contributed by atoms with Crippen LogP contribution in [0.3, 0.4) is 0 Å². The third-order valence-electron chi connectivity index (χ3n) is 22.1. The summed E-state index contributed by atoms with van der Waals surface area (Å²) in [5.74, 6) is 1.89. The normalized spacial score (nSPS) is 58.3. The zero-order valence-corrected chi connectivity index (χ0v) is 47.6. The van der Waals surface area contributed by atoms with E-state index in [1.54, 1.807) is 0 Å². The van der Waals surface area contributed by atoms with E-state index in [0.717, 1.165) is 44.9 Å². The molecular formula is C56H92O27. The minimum absolute atomic E-state index is 0.0751. The molecule has 11 fully saturated rings. The van der Waals surface area contributed by atoms with Crippen LogP contribution in [0.2, 0.25) is 0 Å². The number of aliphatic hydroxyl groups is 15. The molecule has 0 aromatic heterocycles. The first-order chi connectivity index (χ1) is 39.4. The van der Waals surface area contributed by atoms with E-state index in [-0.39, 0.29) is 28.8 Å². The highest BCUT2D eigenvalue weighted by Crippen LogP contribution is 2.71. The Morgan fingerprint density at radius 1 is 0.470 bits per heavy atom. The van der Waals surface area contributed by atoms with Crippen molar-refractivity contribution in [3.63, 3.8) is 0 Å². The average Bonchev–Trinajstić information content (AvgIpc) is 1.65. The first-order valence-corrected chi connectivity index (χ1v) is 30.2. The Morgan fingerprint density at radius 3 is 1.76 bits per heavy atom. The molecule has 7 aliphatic heterocycles. The number of ether oxygens (including phenoxy) is 12. The number of fused-ring (bicyclic) bond motifs is 7. The molecule has 27 nitrogen and oxygen atoms in total. The van der Waals surface area contributed by atoms with Crippen molar-refractivity contribution in [3.05, 3.63) is 0 Å². The van der Waals surface area contributed by atoms with Crippen molar-refractivity contribution < 1.29 is 133 Å². The summed E-state index contributed by atoms with van der Waals surface area (Å²) in [7, 11) is 0. The third kappa shape index (κ3) is 11.1. The molecule has 1 spiro atoms. The van der Waals surface area contributed by atoms with Gasteiger partial charge in [0.1, 0.15) is 110 Å². The maximum absolute atomic E-state index is 12.7. The van der Waals surface area contributed by atoms with Gasteiger partial charge in [-0.1, -0.05) is 27.7 Å². The number of rotatable bonds is 13. The van der Waals surface area contributed by atoms with Crippen LogP contribution in [0.25, 0.3) is 0 Å². The third-order valence-corrected chi connectivity index (χ3v) is 22.1. The summed E-state index contributed by atoms with van der Waals surface area (Å²) in [5, 5.41) is 165. The summed E-state index contributed by atoms with van der Waals surface area (Å²) < 4.78 is 74.6. The molecule has 4 saturated carbocycles. The van der Waals surface area contributed by atoms with Gasteiger partial charge in [0.05, 0.1) is 57.5 Å². The Labute approximate surface area is 481 Å². The van der Waals surface area contributed by atoms with Crippen LogP contribution >= 0.6 is 0 Å². The molecule has 0 aromatic rings. The minimum Gasteiger partial charge on any atom is -0.394 e. The van der Waals surface area contributed by atoms with Crippen LogP contribution in [0.15, 0.2) is 0 Å². The monoisotopic (exact) mass is 1200 g/mol. The predicted octanol–water partition coefficient (Wildman–Crippen LogP) is -4.45. The van der Waals surface area contributed by atoms with Crippen LogP contribution in [0.1, 0.15) is 92.4 Å². The van der Waals surface area contributed by atoms with Crippen molar-refractivity contribution >= 4 is 0 Å². The van der Waals surface area contributed by atoms with Crippen LogP contribution in [0.4, 0.5) is 0 Å². The summed E-state index contributed by atoms with van der Waals surface area (Å²) in [5.41, 5.74) is -0.204. The standard InChI is InChI=1S/C56H92O27/c1-20-8-11-56(73-18-20)21(2)34-30(83-56)13-26-24-7-6-23-12-29(27(60)14-55(23,5)25(24)9-10-54(26,34)4)75-52-47(81-50-42(69)39(66)35(62)22(3)74-50)44(71)45(33(17-59)78-52)79-53-48(82-51-43(70)40(67)37(64)31(15-57)76-51)46(38(65)32(16-58)77-53)80-49-41(68)36(63)28(61)19-72-49/h20-53,57-71H,6-19H2,1-5H3/t20?,21-,22-,23-,24+,25-,26-,27+,28+,29+,30-,31+,32+,33+,34-,35-,36-,37-,38+,39+,40-,41+,42+,43+,44-,45-,46-,47+,48+,49-,50-,51-,52+,53-,54-,55-,56+/m0/s1. The van der Waals surface area contributed by atoms with Crippen molar-refractivity contribution in [2.24, 2.45) is 52.3 Å². The zero-order valence-electron chi connectivity index (χ0n) is 47.6. The average molecular weight is 1200 g/mol. The van der Waals surface area contributed by atoms with Gasteiger partial charge < -0.3 is 133 Å².